The summed E-state index contributed by atoms with van der Waals surface area (Å²) in [5.74, 6) is -2.65. The molecule has 1 N–H and O–H groups in total. The molecule has 2 amide bonds. The Kier molecular flexibility index (Phi) is 8.17. The molecule has 1 aromatic heterocycles. The molecule has 0 saturated carbocycles. The quantitative estimate of drug-likeness (QED) is 0.262. The van der Waals surface area contributed by atoms with E-state index in [1.807, 2.05) is 18.2 Å². The Labute approximate surface area is 243 Å². The molecule has 1 heterocycles. The zero-order chi connectivity index (χ0) is 29.9. The summed E-state index contributed by atoms with van der Waals surface area (Å²) in [6.45, 7) is 4.33. The van der Waals surface area contributed by atoms with Crippen molar-refractivity contribution in [1.82, 2.24) is 19.2 Å². The van der Waals surface area contributed by atoms with E-state index in [1.165, 1.54) is 27.9 Å². The number of nitrogens with zero attached hydrogens (tertiary/aromatic N) is 3. The molecule has 0 spiro atoms. The van der Waals surface area contributed by atoms with Crippen LogP contribution in [0.1, 0.15) is 19.4 Å². The fraction of sp³-hybridized carbons (Fsp3) is 0.188. The molecular formula is C32H30N4O5S. The molecule has 4 aromatic carbocycles. The van der Waals surface area contributed by atoms with Gasteiger partial charge in [-0.3, -0.25) is 19.0 Å². The highest BCUT2D eigenvalue weighted by Gasteiger charge is 2.33. The number of carbonyl (C=O) groups excluding carboxylic acids is 2. The monoisotopic (exact) mass is 582 g/mol. The molecule has 0 aliphatic rings. The minimum Gasteiger partial charge on any atom is -0.343 e. The van der Waals surface area contributed by atoms with Crippen LogP contribution in [0.25, 0.3) is 27.4 Å². The Bertz CT molecular complexity index is 1950. The van der Waals surface area contributed by atoms with E-state index in [-0.39, 0.29) is 16.9 Å². The summed E-state index contributed by atoms with van der Waals surface area (Å²) >= 11 is 0. The maximum Gasteiger partial charge on any atom is 0.265 e. The predicted molar refractivity (Wildman–Crippen MR) is 162 cm³/mol. The highest BCUT2D eigenvalue weighted by molar-refractivity contribution is 7.90. The van der Waals surface area contributed by atoms with Crippen LogP contribution in [0.3, 0.4) is 0 Å². The van der Waals surface area contributed by atoms with Gasteiger partial charge in [-0.15, -0.1) is 0 Å². The zero-order valence-corrected chi connectivity index (χ0v) is 24.0. The van der Waals surface area contributed by atoms with E-state index < -0.39 is 27.8 Å². The van der Waals surface area contributed by atoms with E-state index in [1.54, 1.807) is 74.5 Å². The maximum absolute atomic E-state index is 13.4. The topological polar surface area (TPSA) is 118 Å². The Hall–Kier alpha value is -4.83. The molecule has 0 bridgehead atoms. The summed E-state index contributed by atoms with van der Waals surface area (Å²) in [5.41, 5.74) is 1.57. The second kappa shape index (κ2) is 12.0. The molecule has 0 saturated heterocycles. The van der Waals surface area contributed by atoms with Crippen LogP contribution in [0.5, 0.6) is 0 Å². The minimum atomic E-state index is -4.24. The van der Waals surface area contributed by atoms with Gasteiger partial charge in [0.15, 0.2) is 0 Å². The summed E-state index contributed by atoms with van der Waals surface area (Å²) in [4.78, 5) is 45.6. The summed E-state index contributed by atoms with van der Waals surface area (Å²) in [6.07, 6.45) is 1.43. The summed E-state index contributed by atoms with van der Waals surface area (Å²) in [5, 5.41) is 2.06. The number of sulfonamides is 1. The van der Waals surface area contributed by atoms with Crippen molar-refractivity contribution >= 4 is 43.5 Å². The molecule has 0 fully saturated rings. The number of fused-ring (bicyclic) bond motifs is 2. The molecule has 214 valence electrons. The molecule has 0 radical (unpaired) electrons. The molecule has 5 aromatic rings. The number of hydrogen-bond acceptors (Lipinski definition) is 6. The smallest absolute Gasteiger partial charge is 0.265 e. The molecule has 1 unspecified atom stereocenters. The van der Waals surface area contributed by atoms with Crippen LogP contribution >= 0.6 is 0 Å². The van der Waals surface area contributed by atoms with Crippen molar-refractivity contribution in [2.24, 2.45) is 5.92 Å². The lowest BCUT2D eigenvalue weighted by molar-refractivity contribution is -0.141. The number of para-hydroxylation sites is 1. The van der Waals surface area contributed by atoms with Crippen molar-refractivity contribution in [3.05, 3.63) is 113 Å². The van der Waals surface area contributed by atoms with Gasteiger partial charge in [0.25, 0.3) is 15.6 Å². The molecule has 0 aliphatic heterocycles. The van der Waals surface area contributed by atoms with E-state index >= 15 is 0 Å². The number of amides is 2. The highest BCUT2D eigenvalue weighted by atomic mass is 32.2. The Morgan fingerprint density at radius 2 is 1.55 bits per heavy atom. The van der Waals surface area contributed by atoms with Crippen LogP contribution in [0.4, 0.5) is 0 Å². The number of hydrogen-bond donors (Lipinski definition) is 1. The SMILES string of the molecule is CCN(CC)C(=O)C(Cc1ccc(-n2cnc3ccccc3c2=O)cc1)C(=O)NS(=O)(=O)c1ccc2ccccc2c1. The molecule has 5 rings (SSSR count). The number of carbonyl (C=O) groups is 2. The Balaban J connectivity index is 1.41. The third-order valence-corrected chi connectivity index (χ3v) is 8.62. The van der Waals surface area contributed by atoms with Gasteiger partial charge in [0.05, 0.1) is 21.5 Å². The van der Waals surface area contributed by atoms with Crippen LogP contribution < -0.4 is 10.3 Å². The first-order chi connectivity index (χ1) is 20.2. The third-order valence-electron chi connectivity index (χ3n) is 7.28. The molecular weight excluding hydrogens is 552 g/mol. The van der Waals surface area contributed by atoms with Gasteiger partial charge in [-0.05, 0) is 73.0 Å². The maximum atomic E-state index is 13.4. The fourth-order valence-electron chi connectivity index (χ4n) is 4.93. The normalized spacial score (nSPS) is 12.2. The summed E-state index contributed by atoms with van der Waals surface area (Å²) in [6, 6.07) is 25.8. The van der Waals surface area contributed by atoms with Crippen LogP contribution in [0, 0.1) is 5.92 Å². The van der Waals surface area contributed by atoms with Gasteiger partial charge in [0.2, 0.25) is 11.8 Å². The molecule has 0 aliphatic carbocycles. The van der Waals surface area contributed by atoms with Gasteiger partial charge < -0.3 is 4.90 Å². The summed E-state index contributed by atoms with van der Waals surface area (Å²) in [7, 11) is -4.24. The van der Waals surface area contributed by atoms with Gasteiger partial charge >= 0.3 is 0 Å². The first-order valence-corrected chi connectivity index (χ1v) is 15.1. The third kappa shape index (κ3) is 5.80. The van der Waals surface area contributed by atoms with Crippen molar-refractivity contribution in [3.8, 4) is 5.69 Å². The Morgan fingerprint density at radius 1 is 0.881 bits per heavy atom. The van der Waals surface area contributed by atoms with E-state index in [2.05, 4.69) is 9.71 Å². The lowest BCUT2D eigenvalue weighted by Crippen LogP contribution is -2.46. The van der Waals surface area contributed by atoms with E-state index in [9.17, 15) is 22.8 Å². The molecule has 9 nitrogen and oxygen atoms in total. The fourth-order valence-corrected chi connectivity index (χ4v) is 5.98. The lowest BCUT2D eigenvalue weighted by atomic mass is 9.97. The minimum absolute atomic E-state index is 0.0282. The molecule has 1 atom stereocenters. The van der Waals surface area contributed by atoms with Gasteiger partial charge in [0.1, 0.15) is 12.2 Å². The van der Waals surface area contributed by atoms with E-state index in [0.717, 1.165) is 5.39 Å². The standard InChI is InChI=1S/C32H30N4O5S/c1-3-35(4-2)31(38)28(30(37)34-42(40,41)26-18-15-23-9-5-6-10-24(23)20-26)19-22-13-16-25(17-14-22)36-21-33-29-12-8-7-11-27(29)32(36)39/h5-18,20-21,28H,3-4,19H2,1-2H3,(H,34,37). The largest absolute Gasteiger partial charge is 0.343 e. The molecule has 42 heavy (non-hydrogen) atoms. The van der Waals surface area contributed by atoms with Crippen molar-refractivity contribution in [1.29, 1.82) is 0 Å². The number of benzene rings is 4. The predicted octanol–water partition coefficient (Wildman–Crippen LogP) is 4.07. The van der Waals surface area contributed by atoms with Crippen LogP contribution in [0.15, 0.2) is 107 Å². The van der Waals surface area contributed by atoms with Crippen molar-refractivity contribution in [2.75, 3.05) is 13.1 Å². The van der Waals surface area contributed by atoms with E-state index in [0.29, 0.717) is 40.6 Å². The second-order valence-electron chi connectivity index (χ2n) is 9.85. The van der Waals surface area contributed by atoms with Gasteiger partial charge in [-0.2, -0.15) is 0 Å². The first kappa shape index (κ1) is 28.7. The van der Waals surface area contributed by atoms with Gasteiger partial charge in [-0.1, -0.05) is 54.6 Å². The van der Waals surface area contributed by atoms with Crippen molar-refractivity contribution in [3.63, 3.8) is 0 Å². The zero-order valence-electron chi connectivity index (χ0n) is 23.2. The van der Waals surface area contributed by atoms with Gasteiger partial charge in [0, 0.05) is 13.1 Å². The molecule has 10 heteroatoms. The summed E-state index contributed by atoms with van der Waals surface area (Å²) < 4.78 is 30.0. The number of nitrogens with one attached hydrogen (secondary N) is 1. The highest BCUT2D eigenvalue weighted by Crippen LogP contribution is 2.21. The van der Waals surface area contributed by atoms with Crippen LogP contribution in [-0.2, 0) is 26.0 Å². The van der Waals surface area contributed by atoms with Gasteiger partial charge in [-0.25, -0.2) is 18.1 Å². The number of rotatable bonds is 9. The second-order valence-corrected chi connectivity index (χ2v) is 11.5. The van der Waals surface area contributed by atoms with Crippen LogP contribution in [-0.4, -0.2) is 47.8 Å². The van der Waals surface area contributed by atoms with Crippen molar-refractivity contribution < 1.29 is 18.0 Å². The first-order valence-electron chi connectivity index (χ1n) is 13.6. The lowest BCUT2D eigenvalue weighted by Gasteiger charge is -2.25. The average molecular weight is 583 g/mol. The Morgan fingerprint density at radius 3 is 2.26 bits per heavy atom. The van der Waals surface area contributed by atoms with E-state index in [4.69, 9.17) is 0 Å². The van der Waals surface area contributed by atoms with Crippen LogP contribution in [0.2, 0.25) is 0 Å². The number of aromatic nitrogens is 2. The average Bonchev–Trinajstić information content (AvgIpc) is 3.00. The van der Waals surface area contributed by atoms with Crippen molar-refractivity contribution in [2.45, 2.75) is 25.2 Å².